The fourth-order valence-electron chi connectivity index (χ4n) is 1.85. The van der Waals surface area contributed by atoms with Crippen LogP contribution < -0.4 is 4.72 Å². The summed E-state index contributed by atoms with van der Waals surface area (Å²) in [7, 11) is -3.52. The summed E-state index contributed by atoms with van der Waals surface area (Å²) in [5.74, 6) is 0. The molecule has 2 rings (SSSR count). The maximum absolute atomic E-state index is 12.2. The minimum absolute atomic E-state index is 0.280. The van der Waals surface area contributed by atoms with Crippen molar-refractivity contribution in [3.63, 3.8) is 0 Å². The lowest BCUT2D eigenvalue weighted by Crippen LogP contribution is -2.13. The third-order valence-corrected chi connectivity index (χ3v) is 4.66. The van der Waals surface area contributed by atoms with Crippen LogP contribution in [0.2, 0.25) is 0 Å². The second kappa shape index (κ2) is 6.41. The van der Waals surface area contributed by atoms with Crippen LogP contribution in [0.5, 0.6) is 0 Å². The van der Waals surface area contributed by atoms with E-state index in [2.05, 4.69) is 20.7 Å². The van der Waals surface area contributed by atoms with Crippen molar-refractivity contribution in [2.45, 2.75) is 18.2 Å². The molecule has 0 saturated carbocycles. The molecule has 0 spiro atoms. The number of sulfonamides is 1. The highest BCUT2D eigenvalue weighted by Gasteiger charge is 2.13. The van der Waals surface area contributed by atoms with Crippen LogP contribution in [0.15, 0.2) is 53.4 Å². The first-order valence-electron chi connectivity index (χ1n) is 6.26. The third kappa shape index (κ3) is 3.84. The first kappa shape index (κ1) is 15.1. The molecule has 0 amide bonds. The summed E-state index contributed by atoms with van der Waals surface area (Å²) in [5, 5.41) is 0.890. The predicted molar refractivity (Wildman–Crippen MR) is 85.9 cm³/mol. The molecule has 0 fully saturated rings. The number of benzene rings is 2. The van der Waals surface area contributed by atoms with Crippen molar-refractivity contribution >= 4 is 31.6 Å². The van der Waals surface area contributed by atoms with Crippen LogP contribution in [-0.4, -0.2) is 13.7 Å². The van der Waals surface area contributed by atoms with E-state index in [0.717, 1.165) is 17.3 Å². The molecule has 0 aliphatic carbocycles. The standard InChI is InChI=1S/C15H16BrNO2S/c1-12-3-2-4-15(11-12)20(18,19)17-14-7-5-13(6-8-14)9-10-16/h2-8,11,17H,9-10H2,1H3. The molecule has 0 saturated heterocycles. The first-order valence-corrected chi connectivity index (χ1v) is 8.86. The van der Waals surface area contributed by atoms with Gasteiger partial charge in [-0.3, -0.25) is 4.72 Å². The Bertz CT molecular complexity index is 681. The predicted octanol–water partition coefficient (Wildman–Crippen LogP) is 3.73. The molecule has 0 bridgehead atoms. The van der Waals surface area contributed by atoms with E-state index in [1.807, 2.05) is 25.1 Å². The highest BCUT2D eigenvalue weighted by atomic mass is 79.9. The summed E-state index contributed by atoms with van der Waals surface area (Å²) in [6.07, 6.45) is 0.922. The number of rotatable bonds is 5. The minimum atomic E-state index is -3.52. The molecule has 20 heavy (non-hydrogen) atoms. The Morgan fingerprint density at radius 3 is 2.40 bits per heavy atom. The molecule has 0 heterocycles. The summed E-state index contributed by atoms with van der Waals surface area (Å²) in [6.45, 7) is 1.87. The summed E-state index contributed by atoms with van der Waals surface area (Å²) in [4.78, 5) is 0.280. The average molecular weight is 354 g/mol. The summed E-state index contributed by atoms with van der Waals surface area (Å²) < 4.78 is 27.1. The van der Waals surface area contributed by atoms with Gasteiger partial charge in [-0.25, -0.2) is 8.42 Å². The van der Waals surface area contributed by atoms with Gasteiger partial charge in [0.15, 0.2) is 0 Å². The lowest BCUT2D eigenvalue weighted by atomic mass is 10.2. The van der Waals surface area contributed by atoms with Crippen molar-refractivity contribution in [1.29, 1.82) is 0 Å². The van der Waals surface area contributed by atoms with E-state index in [9.17, 15) is 8.42 Å². The zero-order valence-electron chi connectivity index (χ0n) is 11.1. The maximum atomic E-state index is 12.2. The van der Waals surface area contributed by atoms with Gasteiger partial charge in [0.1, 0.15) is 0 Å². The van der Waals surface area contributed by atoms with Crippen molar-refractivity contribution in [2.24, 2.45) is 0 Å². The summed E-state index contributed by atoms with van der Waals surface area (Å²) in [6, 6.07) is 14.3. The SMILES string of the molecule is Cc1cccc(S(=O)(=O)Nc2ccc(CCBr)cc2)c1. The Labute approximate surface area is 128 Å². The number of hydrogen-bond acceptors (Lipinski definition) is 2. The lowest BCUT2D eigenvalue weighted by Gasteiger charge is -2.09. The van der Waals surface area contributed by atoms with Gasteiger partial charge < -0.3 is 0 Å². The van der Waals surface area contributed by atoms with Crippen molar-refractivity contribution in [3.05, 3.63) is 59.7 Å². The number of halogens is 1. The van der Waals surface area contributed by atoms with Gasteiger partial charge in [-0.05, 0) is 48.7 Å². The van der Waals surface area contributed by atoms with Crippen LogP contribution in [0, 0.1) is 6.92 Å². The van der Waals surface area contributed by atoms with Crippen LogP contribution >= 0.6 is 15.9 Å². The van der Waals surface area contributed by atoms with Crippen LogP contribution in [0.3, 0.4) is 0 Å². The van der Waals surface area contributed by atoms with Crippen molar-refractivity contribution < 1.29 is 8.42 Å². The maximum Gasteiger partial charge on any atom is 0.261 e. The van der Waals surface area contributed by atoms with E-state index in [4.69, 9.17) is 0 Å². The lowest BCUT2D eigenvalue weighted by molar-refractivity contribution is 0.601. The molecule has 0 unspecified atom stereocenters. The van der Waals surface area contributed by atoms with Gasteiger partial charge in [0.05, 0.1) is 4.90 Å². The molecule has 0 atom stereocenters. The minimum Gasteiger partial charge on any atom is -0.280 e. The zero-order chi connectivity index (χ0) is 14.6. The number of nitrogens with one attached hydrogen (secondary N) is 1. The number of anilines is 1. The molecule has 106 valence electrons. The van der Waals surface area contributed by atoms with E-state index >= 15 is 0 Å². The second-order valence-electron chi connectivity index (χ2n) is 4.56. The van der Waals surface area contributed by atoms with Gasteiger partial charge in [0.25, 0.3) is 10.0 Å². The average Bonchev–Trinajstić information content (AvgIpc) is 2.41. The third-order valence-electron chi connectivity index (χ3n) is 2.89. The van der Waals surface area contributed by atoms with Crippen molar-refractivity contribution in [2.75, 3.05) is 10.1 Å². The number of hydrogen-bond donors (Lipinski definition) is 1. The molecule has 0 radical (unpaired) electrons. The molecule has 1 N–H and O–H groups in total. The zero-order valence-corrected chi connectivity index (χ0v) is 13.5. The van der Waals surface area contributed by atoms with Gasteiger partial charge in [0.2, 0.25) is 0 Å². The Morgan fingerprint density at radius 2 is 1.80 bits per heavy atom. The molecule has 0 aromatic heterocycles. The normalized spacial score (nSPS) is 11.3. The molecule has 3 nitrogen and oxygen atoms in total. The van der Waals surface area contributed by atoms with E-state index in [1.54, 1.807) is 30.3 Å². The monoisotopic (exact) mass is 353 g/mol. The molecular formula is C15H16BrNO2S. The highest BCUT2D eigenvalue weighted by molar-refractivity contribution is 9.09. The van der Waals surface area contributed by atoms with Gasteiger partial charge in [-0.1, -0.05) is 40.2 Å². The molecule has 2 aromatic carbocycles. The molecule has 0 aliphatic rings. The second-order valence-corrected chi connectivity index (χ2v) is 7.03. The topological polar surface area (TPSA) is 46.2 Å². The van der Waals surface area contributed by atoms with Gasteiger partial charge >= 0.3 is 0 Å². The largest absolute Gasteiger partial charge is 0.280 e. The number of aryl methyl sites for hydroxylation is 2. The first-order chi connectivity index (χ1) is 9.51. The molecule has 5 heteroatoms. The summed E-state index contributed by atoms with van der Waals surface area (Å²) >= 11 is 3.38. The van der Waals surface area contributed by atoms with E-state index in [0.29, 0.717) is 5.69 Å². The number of alkyl halides is 1. The van der Waals surface area contributed by atoms with E-state index < -0.39 is 10.0 Å². The highest BCUT2D eigenvalue weighted by Crippen LogP contribution is 2.17. The van der Waals surface area contributed by atoms with Crippen LogP contribution in [0.4, 0.5) is 5.69 Å². The van der Waals surface area contributed by atoms with Crippen LogP contribution in [0.25, 0.3) is 0 Å². The van der Waals surface area contributed by atoms with Gasteiger partial charge in [-0.15, -0.1) is 0 Å². The molecule has 0 aliphatic heterocycles. The molecule has 2 aromatic rings. The Morgan fingerprint density at radius 1 is 1.10 bits per heavy atom. The van der Waals surface area contributed by atoms with Gasteiger partial charge in [0, 0.05) is 11.0 Å². The summed E-state index contributed by atoms with van der Waals surface area (Å²) in [5.41, 5.74) is 2.66. The van der Waals surface area contributed by atoms with Crippen LogP contribution in [0.1, 0.15) is 11.1 Å². The van der Waals surface area contributed by atoms with Crippen molar-refractivity contribution in [1.82, 2.24) is 0 Å². The van der Waals surface area contributed by atoms with Crippen molar-refractivity contribution in [3.8, 4) is 0 Å². The van der Waals surface area contributed by atoms with Crippen LogP contribution in [-0.2, 0) is 16.4 Å². The Kier molecular flexibility index (Phi) is 4.83. The quantitative estimate of drug-likeness (QED) is 0.832. The Balaban J connectivity index is 2.20. The van der Waals surface area contributed by atoms with E-state index in [1.165, 1.54) is 5.56 Å². The Hall–Kier alpha value is -1.33. The molecular weight excluding hydrogens is 338 g/mol. The fourth-order valence-corrected chi connectivity index (χ4v) is 3.47. The van der Waals surface area contributed by atoms with E-state index in [-0.39, 0.29) is 4.90 Å². The smallest absolute Gasteiger partial charge is 0.261 e. The fraction of sp³-hybridized carbons (Fsp3) is 0.200. The van der Waals surface area contributed by atoms with Gasteiger partial charge in [-0.2, -0.15) is 0 Å².